The summed E-state index contributed by atoms with van der Waals surface area (Å²) in [7, 11) is 0. The van der Waals surface area contributed by atoms with E-state index < -0.39 is 0 Å². The lowest BCUT2D eigenvalue weighted by atomic mass is 10.2. The van der Waals surface area contributed by atoms with E-state index in [-0.39, 0.29) is 29.6 Å². The number of benzene rings is 1. The molecule has 1 amide bonds. The second-order valence-electron chi connectivity index (χ2n) is 6.66. The molecule has 3 aromatic rings. The molecule has 2 fully saturated rings. The van der Waals surface area contributed by atoms with E-state index >= 15 is 0 Å². The van der Waals surface area contributed by atoms with Crippen molar-refractivity contribution in [3.8, 4) is 0 Å². The van der Waals surface area contributed by atoms with Gasteiger partial charge in [-0.2, -0.15) is 9.97 Å². The number of carbonyl (C=O) groups excluding carboxylic acids is 1. The van der Waals surface area contributed by atoms with Crippen LogP contribution < -0.4 is 10.2 Å². The monoisotopic (exact) mass is 357 g/mol. The van der Waals surface area contributed by atoms with E-state index in [1.165, 1.54) is 12.1 Å². The molecule has 5 rings (SSSR count). The summed E-state index contributed by atoms with van der Waals surface area (Å²) in [5, 5.41) is 6.63. The molecule has 2 aromatic heterocycles. The van der Waals surface area contributed by atoms with Crippen LogP contribution in [0.4, 0.5) is 10.4 Å². The zero-order chi connectivity index (χ0) is 17.7. The number of nitrogens with zero attached hydrogens (tertiary/aromatic N) is 4. The molecule has 3 heterocycles. The van der Waals surface area contributed by atoms with Crippen LogP contribution in [0.3, 0.4) is 0 Å². The molecule has 1 N–H and O–H groups in total. The van der Waals surface area contributed by atoms with Crippen molar-refractivity contribution in [3.63, 3.8) is 0 Å². The minimum absolute atomic E-state index is 0.0402. The summed E-state index contributed by atoms with van der Waals surface area (Å²) in [6.07, 6.45) is 3.65. The van der Waals surface area contributed by atoms with E-state index in [1.54, 1.807) is 6.07 Å². The minimum Gasteiger partial charge on any atom is -0.423 e. The van der Waals surface area contributed by atoms with Crippen molar-refractivity contribution in [1.82, 2.24) is 20.4 Å². The van der Waals surface area contributed by atoms with Crippen LogP contribution in [0.25, 0.3) is 11.1 Å². The molecule has 2 aliphatic rings. The first-order chi connectivity index (χ1) is 12.7. The molecule has 1 atom stereocenters. The number of rotatable bonds is 4. The number of aromatic nitrogens is 3. The third-order valence-corrected chi connectivity index (χ3v) is 4.68. The van der Waals surface area contributed by atoms with Crippen molar-refractivity contribution in [3.05, 3.63) is 35.7 Å². The van der Waals surface area contributed by atoms with Crippen LogP contribution in [0, 0.1) is 5.82 Å². The summed E-state index contributed by atoms with van der Waals surface area (Å²) in [6.45, 7) is 0.700. The summed E-state index contributed by atoms with van der Waals surface area (Å²) in [4.78, 5) is 22.6. The number of amides is 1. The van der Waals surface area contributed by atoms with Crippen LogP contribution in [-0.4, -0.2) is 33.6 Å². The Morgan fingerprint density at radius 1 is 1.27 bits per heavy atom. The minimum atomic E-state index is -0.362. The second-order valence-corrected chi connectivity index (χ2v) is 6.66. The zero-order valence-corrected chi connectivity index (χ0v) is 13.8. The first-order valence-corrected chi connectivity index (χ1v) is 8.64. The third-order valence-electron chi connectivity index (χ3n) is 4.68. The molecule has 1 aliphatic carbocycles. The fourth-order valence-electron chi connectivity index (χ4n) is 3.20. The molecular weight excluding hydrogens is 341 g/mol. The summed E-state index contributed by atoms with van der Waals surface area (Å²) in [6, 6.07) is 4.62. The predicted molar refractivity (Wildman–Crippen MR) is 88.1 cm³/mol. The molecule has 0 unspecified atom stereocenters. The molecule has 0 radical (unpaired) electrons. The van der Waals surface area contributed by atoms with E-state index in [1.807, 2.05) is 4.90 Å². The van der Waals surface area contributed by atoms with Gasteiger partial charge in [0.2, 0.25) is 5.89 Å². The van der Waals surface area contributed by atoms with Gasteiger partial charge in [-0.15, -0.1) is 0 Å². The highest BCUT2D eigenvalue weighted by Crippen LogP contribution is 2.36. The maximum Gasteiger partial charge on any atom is 0.299 e. The van der Waals surface area contributed by atoms with E-state index in [2.05, 4.69) is 20.4 Å². The van der Waals surface area contributed by atoms with Crippen molar-refractivity contribution in [2.24, 2.45) is 0 Å². The Kier molecular flexibility index (Phi) is 3.41. The average molecular weight is 357 g/mol. The number of anilines is 1. The van der Waals surface area contributed by atoms with E-state index in [4.69, 9.17) is 8.94 Å². The molecule has 9 heteroatoms. The normalized spacial score (nSPS) is 20.0. The average Bonchev–Trinajstić information content (AvgIpc) is 3.08. The van der Waals surface area contributed by atoms with E-state index in [9.17, 15) is 9.18 Å². The Morgan fingerprint density at radius 3 is 3.00 bits per heavy atom. The van der Waals surface area contributed by atoms with Crippen molar-refractivity contribution in [2.45, 2.75) is 37.8 Å². The Morgan fingerprint density at radius 2 is 2.15 bits per heavy atom. The van der Waals surface area contributed by atoms with Crippen molar-refractivity contribution in [1.29, 1.82) is 0 Å². The third kappa shape index (κ3) is 2.69. The van der Waals surface area contributed by atoms with Gasteiger partial charge in [0.1, 0.15) is 17.4 Å². The molecule has 1 aromatic carbocycles. The molecule has 26 heavy (non-hydrogen) atoms. The summed E-state index contributed by atoms with van der Waals surface area (Å²) < 4.78 is 24.4. The Bertz CT molecular complexity index is 980. The van der Waals surface area contributed by atoms with Crippen LogP contribution >= 0.6 is 0 Å². The topological polar surface area (TPSA) is 97.3 Å². The second kappa shape index (κ2) is 5.79. The molecule has 8 nitrogen and oxygen atoms in total. The van der Waals surface area contributed by atoms with Gasteiger partial charge in [-0.3, -0.25) is 4.79 Å². The number of hydrogen-bond donors (Lipinski definition) is 1. The quantitative estimate of drug-likeness (QED) is 0.766. The molecule has 1 saturated carbocycles. The maximum absolute atomic E-state index is 13.4. The Labute approximate surface area is 147 Å². The van der Waals surface area contributed by atoms with Gasteiger partial charge in [0.15, 0.2) is 5.58 Å². The maximum atomic E-state index is 13.4. The smallest absolute Gasteiger partial charge is 0.299 e. The first kappa shape index (κ1) is 15.3. The van der Waals surface area contributed by atoms with Crippen LogP contribution in [0.15, 0.2) is 27.1 Å². The van der Waals surface area contributed by atoms with Gasteiger partial charge in [0.25, 0.3) is 17.7 Å². The SMILES string of the molecule is O=C(NC1CC1)c1noc([C@H]2CCCN2c2nc3cc(F)ccc3o2)n1. The lowest BCUT2D eigenvalue weighted by Crippen LogP contribution is -2.27. The summed E-state index contributed by atoms with van der Waals surface area (Å²) in [5.74, 6) is -0.279. The number of oxazole rings is 1. The van der Waals surface area contributed by atoms with Crippen LogP contribution in [0.2, 0.25) is 0 Å². The molecular formula is C17H16FN5O3. The van der Waals surface area contributed by atoms with Gasteiger partial charge < -0.3 is 19.2 Å². The van der Waals surface area contributed by atoms with Gasteiger partial charge >= 0.3 is 0 Å². The van der Waals surface area contributed by atoms with Crippen molar-refractivity contribution >= 4 is 23.0 Å². The van der Waals surface area contributed by atoms with Crippen molar-refractivity contribution < 1.29 is 18.1 Å². The molecule has 0 spiro atoms. The van der Waals surface area contributed by atoms with Gasteiger partial charge in [-0.1, -0.05) is 5.16 Å². The fraction of sp³-hybridized carbons (Fsp3) is 0.412. The molecule has 134 valence electrons. The lowest BCUT2D eigenvalue weighted by molar-refractivity contribution is 0.0937. The van der Waals surface area contributed by atoms with Gasteiger partial charge in [0, 0.05) is 18.7 Å². The van der Waals surface area contributed by atoms with Crippen LogP contribution in [0.1, 0.15) is 48.2 Å². The van der Waals surface area contributed by atoms with E-state index in [0.29, 0.717) is 29.5 Å². The standard InChI is InChI=1S/C17H16FN5O3/c18-9-3-6-13-11(8-9)20-17(25-13)23-7-1-2-12(23)16-21-14(22-26-16)15(24)19-10-4-5-10/h3,6,8,10,12H,1-2,4-5,7H2,(H,19,24)/t12-/m1/s1. The van der Waals surface area contributed by atoms with Crippen LogP contribution in [-0.2, 0) is 0 Å². The molecule has 0 bridgehead atoms. The number of halogens is 1. The molecule has 1 aliphatic heterocycles. The first-order valence-electron chi connectivity index (χ1n) is 8.64. The highest BCUT2D eigenvalue weighted by Gasteiger charge is 2.35. The van der Waals surface area contributed by atoms with Gasteiger partial charge in [-0.05, 0) is 37.8 Å². The Hall–Kier alpha value is -2.97. The summed E-state index contributed by atoms with van der Waals surface area (Å²) in [5.41, 5.74) is 0.975. The highest BCUT2D eigenvalue weighted by molar-refractivity contribution is 5.90. The van der Waals surface area contributed by atoms with Gasteiger partial charge in [-0.25, -0.2) is 4.39 Å². The number of hydrogen-bond acceptors (Lipinski definition) is 7. The van der Waals surface area contributed by atoms with Gasteiger partial charge in [0.05, 0.1) is 0 Å². The van der Waals surface area contributed by atoms with E-state index in [0.717, 1.165) is 25.7 Å². The number of nitrogens with one attached hydrogen (secondary N) is 1. The number of carbonyl (C=O) groups is 1. The highest BCUT2D eigenvalue weighted by atomic mass is 19.1. The van der Waals surface area contributed by atoms with Crippen molar-refractivity contribution in [2.75, 3.05) is 11.4 Å². The lowest BCUT2D eigenvalue weighted by Gasteiger charge is -2.19. The van der Waals surface area contributed by atoms with Crippen LogP contribution in [0.5, 0.6) is 0 Å². The Balaban J connectivity index is 1.41. The predicted octanol–water partition coefficient (Wildman–Crippen LogP) is 2.58. The number of fused-ring (bicyclic) bond motifs is 1. The zero-order valence-electron chi connectivity index (χ0n) is 13.8. The molecule has 1 saturated heterocycles. The fourth-order valence-corrected chi connectivity index (χ4v) is 3.20. The summed E-state index contributed by atoms with van der Waals surface area (Å²) >= 11 is 0. The largest absolute Gasteiger partial charge is 0.423 e.